The van der Waals surface area contributed by atoms with Crippen molar-refractivity contribution >= 4 is 21.8 Å². The van der Waals surface area contributed by atoms with E-state index in [2.05, 4.69) is 35.1 Å². The number of hydrogen-bond acceptors (Lipinski definition) is 2. The van der Waals surface area contributed by atoms with Gasteiger partial charge in [0.15, 0.2) is 0 Å². The molecule has 0 saturated carbocycles. The molecule has 2 N–H and O–H groups in total. The fourth-order valence-electron chi connectivity index (χ4n) is 2.12. The molecule has 1 aromatic carbocycles. The molecule has 0 aliphatic rings. The van der Waals surface area contributed by atoms with Gasteiger partial charge in [-0.15, -0.1) is 0 Å². The second kappa shape index (κ2) is 8.33. The molecule has 0 heterocycles. The summed E-state index contributed by atoms with van der Waals surface area (Å²) in [6, 6.07) is 8.05. The van der Waals surface area contributed by atoms with E-state index in [9.17, 15) is 4.79 Å². The number of aliphatic hydroxyl groups is 1. The molecule has 1 atom stereocenters. The van der Waals surface area contributed by atoms with Crippen LogP contribution in [0.4, 0.5) is 0 Å². The van der Waals surface area contributed by atoms with E-state index < -0.39 is 0 Å². The van der Waals surface area contributed by atoms with Crippen LogP contribution in [0.1, 0.15) is 25.8 Å². The molecule has 4 heteroatoms. The normalized spacial score (nSPS) is 12.5. The Balaban J connectivity index is 2.71. The van der Waals surface area contributed by atoms with E-state index in [1.807, 2.05) is 24.3 Å². The fraction of sp³-hybridized carbons (Fsp3) is 0.533. The second-order valence-corrected chi connectivity index (χ2v) is 6.09. The minimum atomic E-state index is -0.0409. The van der Waals surface area contributed by atoms with Crippen LogP contribution in [0, 0.1) is 11.8 Å². The Morgan fingerprint density at radius 2 is 2.16 bits per heavy atom. The van der Waals surface area contributed by atoms with E-state index in [-0.39, 0.29) is 18.4 Å². The highest BCUT2D eigenvalue weighted by Crippen LogP contribution is 2.20. The quantitative estimate of drug-likeness (QED) is 0.809. The average molecular weight is 328 g/mol. The first-order chi connectivity index (χ1) is 9.02. The molecule has 1 rings (SSSR count). The summed E-state index contributed by atoms with van der Waals surface area (Å²) in [5.41, 5.74) is 1.15. The first kappa shape index (κ1) is 16.2. The van der Waals surface area contributed by atoms with Gasteiger partial charge in [0.25, 0.3) is 0 Å². The van der Waals surface area contributed by atoms with Gasteiger partial charge in [0.2, 0.25) is 5.91 Å². The number of aliphatic hydroxyl groups excluding tert-OH is 1. The molecule has 0 saturated heterocycles. The van der Waals surface area contributed by atoms with Crippen molar-refractivity contribution < 1.29 is 9.90 Å². The van der Waals surface area contributed by atoms with Crippen molar-refractivity contribution in [2.24, 2.45) is 11.8 Å². The molecule has 106 valence electrons. The largest absolute Gasteiger partial charge is 0.395 e. The van der Waals surface area contributed by atoms with Crippen molar-refractivity contribution in [1.82, 2.24) is 5.32 Å². The van der Waals surface area contributed by atoms with Gasteiger partial charge in [-0.1, -0.05) is 41.9 Å². The molecule has 1 aromatic rings. The SMILES string of the molecule is CC(C)CC(Cc1cccc(Br)c1)C(=O)NCCO. The van der Waals surface area contributed by atoms with E-state index in [1.54, 1.807) is 0 Å². The molecule has 0 radical (unpaired) electrons. The molecule has 19 heavy (non-hydrogen) atoms. The molecule has 1 amide bonds. The van der Waals surface area contributed by atoms with Crippen molar-refractivity contribution in [1.29, 1.82) is 0 Å². The Morgan fingerprint density at radius 1 is 1.42 bits per heavy atom. The molecular weight excluding hydrogens is 306 g/mol. The number of benzene rings is 1. The molecule has 0 bridgehead atoms. The maximum atomic E-state index is 12.1. The first-order valence-electron chi connectivity index (χ1n) is 6.66. The summed E-state index contributed by atoms with van der Waals surface area (Å²) in [6.45, 7) is 4.55. The lowest BCUT2D eigenvalue weighted by Crippen LogP contribution is -2.34. The van der Waals surface area contributed by atoms with Gasteiger partial charge in [0.1, 0.15) is 0 Å². The van der Waals surface area contributed by atoms with Gasteiger partial charge in [0.05, 0.1) is 6.61 Å². The van der Waals surface area contributed by atoms with Gasteiger partial charge in [0, 0.05) is 16.9 Å². The third kappa shape index (κ3) is 6.21. The first-order valence-corrected chi connectivity index (χ1v) is 7.45. The lowest BCUT2D eigenvalue weighted by molar-refractivity contribution is -0.125. The fourth-order valence-corrected chi connectivity index (χ4v) is 2.57. The highest BCUT2D eigenvalue weighted by Gasteiger charge is 2.19. The van der Waals surface area contributed by atoms with Crippen LogP contribution >= 0.6 is 15.9 Å². The molecule has 0 spiro atoms. The van der Waals surface area contributed by atoms with Crippen molar-refractivity contribution in [3.63, 3.8) is 0 Å². The smallest absolute Gasteiger partial charge is 0.223 e. The van der Waals surface area contributed by atoms with Crippen LogP contribution in [0.3, 0.4) is 0 Å². The molecule has 3 nitrogen and oxygen atoms in total. The third-order valence-electron chi connectivity index (χ3n) is 2.91. The van der Waals surface area contributed by atoms with Gasteiger partial charge in [-0.25, -0.2) is 0 Å². The summed E-state index contributed by atoms with van der Waals surface area (Å²) < 4.78 is 1.03. The van der Waals surface area contributed by atoms with Crippen LogP contribution in [0.5, 0.6) is 0 Å². The van der Waals surface area contributed by atoms with Crippen molar-refractivity contribution in [3.05, 3.63) is 34.3 Å². The second-order valence-electron chi connectivity index (χ2n) is 5.18. The Morgan fingerprint density at radius 3 is 2.74 bits per heavy atom. The highest BCUT2D eigenvalue weighted by molar-refractivity contribution is 9.10. The summed E-state index contributed by atoms with van der Waals surface area (Å²) in [7, 11) is 0. The zero-order chi connectivity index (χ0) is 14.3. The van der Waals surface area contributed by atoms with Crippen LogP contribution in [0.25, 0.3) is 0 Å². The topological polar surface area (TPSA) is 49.3 Å². The minimum Gasteiger partial charge on any atom is -0.395 e. The zero-order valence-electron chi connectivity index (χ0n) is 11.5. The van der Waals surface area contributed by atoms with Gasteiger partial charge in [-0.3, -0.25) is 4.79 Å². The summed E-state index contributed by atoms with van der Waals surface area (Å²) in [5.74, 6) is 0.459. The molecule has 1 unspecified atom stereocenters. The Bertz CT molecular complexity index is 407. The lowest BCUT2D eigenvalue weighted by atomic mass is 9.90. The number of halogens is 1. The van der Waals surface area contributed by atoms with Crippen LogP contribution in [0.2, 0.25) is 0 Å². The Hall–Kier alpha value is -0.870. The lowest BCUT2D eigenvalue weighted by Gasteiger charge is -2.18. The van der Waals surface area contributed by atoms with E-state index >= 15 is 0 Å². The maximum Gasteiger partial charge on any atom is 0.223 e. The zero-order valence-corrected chi connectivity index (χ0v) is 13.1. The van der Waals surface area contributed by atoms with E-state index in [0.717, 1.165) is 22.9 Å². The van der Waals surface area contributed by atoms with E-state index in [1.165, 1.54) is 0 Å². The number of hydrogen-bond donors (Lipinski definition) is 2. The van der Waals surface area contributed by atoms with Crippen molar-refractivity contribution in [2.45, 2.75) is 26.7 Å². The van der Waals surface area contributed by atoms with Crippen molar-refractivity contribution in [2.75, 3.05) is 13.2 Å². The van der Waals surface area contributed by atoms with Gasteiger partial charge in [-0.2, -0.15) is 0 Å². The summed E-state index contributed by atoms with van der Waals surface area (Å²) >= 11 is 3.45. The number of carbonyl (C=O) groups excluding carboxylic acids is 1. The van der Waals surface area contributed by atoms with E-state index in [0.29, 0.717) is 12.5 Å². The predicted octanol–water partition coefficient (Wildman–Crippen LogP) is 2.76. The standard InChI is InChI=1S/C15H22BrNO2/c1-11(2)8-13(15(19)17-6-7-18)9-12-4-3-5-14(16)10-12/h3-5,10-11,13,18H,6-9H2,1-2H3,(H,17,19). The number of carbonyl (C=O) groups is 1. The predicted molar refractivity (Wildman–Crippen MR) is 80.9 cm³/mol. The number of nitrogens with one attached hydrogen (secondary N) is 1. The third-order valence-corrected chi connectivity index (χ3v) is 3.40. The summed E-state index contributed by atoms with van der Waals surface area (Å²) in [5, 5.41) is 11.6. The van der Waals surface area contributed by atoms with Crippen LogP contribution in [0.15, 0.2) is 28.7 Å². The molecule has 0 aliphatic carbocycles. The number of amides is 1. The summed E-state index contributed by atoms with van der Waals surface area (Å²) in [6.07, 6.45) is 1.58. The Labute approximate surface area is 123 Å². The molecule has 0 fully saturated rings. The summed E-state index contributed by atoms with van der Waals surface area (Å²) in [4.78, 5) is 12.1. The Kier molecular flexibility index (Phi) is 7.10. The van der Waals surface area contributed by atoms with Gasteiger partial charge < -0.3 is 10.4 Å². The van der Waals surface area contributed by atoms with Crippen LogP contribution in [-0.4, -0.2) is 24.2 Å². The minimum absolute atomic E-state index is 0.0168. The molecular formula is C15H22BrNO2. The van der Waals surface area contributed by atoms with Crippen molar-refractivity contribution in [3.8, 4) is 0 Å². The van der Waals surface area contributed by atoms with Gasteiger partial charge >= 0.3 is 0 Å². The maximum absolute atomic E-state index is 12.1. The van der Waals surface area contributed by atoms with Crippen LogP contribution < -0.4 is 5.32 Å². The van der Waals surface area contributed by atoms with Crippen LogP contribution in [-0.2, 0) is 11.2 Å². The highest BCUT2D eigenvalue weighted by atomic mass is 79.9. The molecule has 0 aromatic heterocycles. The number of rotatable bonds is 7. The monoisotopic (exact) mass is 327 g/mol. The average Bonchev–Trinajstić information content (AvgIpc) is 2.34. The van der Waals surface area contributed by atoms with E-state index in [4.69, 9.17) is 5.11 Å². The van der Waals surface area contributed by atoms with Gasteiger partial charge in [-0.05, 0) is 36.5 Å². The molecule has 0 aliphatic heterocycles.